The third-order valence-corrected chi connectivity index (χ3v) is 7.34. The molecule has 0 aliphatic heterocycles. The number of aliphatic hydroxyl groups is 4. The minimum Gasteiger partial charge on any atom is -0.481 e. The van der Waals surface area contributed by atoms with Crippen LogP contribution in [0.2, 0.25) is 0 Å². The van der Waals surface area contributed by atoms with Crippen LogP contribution < -0.4 is 37.6 Å². The Labute approximate surface area is 290 Å². The van der Waals surface area contributed by atoms with E-state index in [-0.39, 0.29) is 0 Å². The Kier molecular flexibility index (Phi) is 20.5. The zero-order valence-corrected chi connectivity index (χ0v) is 28.0. The van der Waals surface area contributed by atoms with Crippen molar-refractivity contribution < 1.29 is 78.9 Å². The second-order valence-electron chi connectivity index (χ2n) is 11.4. The van der Waals surface area contributed by atoms with Gasteiger partial charge in [0, 0.05) is 6.42 Å². The van der Waals surface area contributed by atoms with Crippen LogP contribution in [-0.4, -0.2) is 157 Å². The Morgan fingerprint density at radius 1 is 0.569 bits per heavy atom. The SMILES string of the molecule is CC[C@H](C)[C@H](NC(=O)[C@@H](N)[C@@H](C)O)C(=O)N[C@@H](CCC(=O)O)C(=O)N[C@@H](CO)C(=O)N[C@@H](CO)C(=O)N[C@@H](CO)C(=O)N[C@@H](CC(=O)O)C(=O)O. The van der Waals surface area contributed by atoms with Gasteiger partial charge in [-0.2, -0.15) is 0 Å². The van der Waals surface area contributed by atoms with Gasteiger partial charge in [0.15, 0.2) is 0 Å². The average molecular weight is 738 g/mol. The predicted molar refractivity (Wildman–Crippen MR) is 169 cm³/mol. The highest BCUT2D eigenvalue weighted by Gasteiger charge is 2.35. The highest BCUT2D eigenvalue weighted by Crippen LogP contribution is 2.10. The minimum absolute atomic E-state index is 0.331. The average Bonchev–Trinajstić information content (AvgIpc) is 3.06. The molecule has 0 aliphatic carbocycles. The molecule has 0 aromatic heterocycles. The Balaban J connectivity index is 5.86. The van der Waals surface area contributed by atoms with Crippen LogP contribution in [0.25, 0.3) is 0 Å². The molecule has 0 radical (unpaired) electrons. The quantitative estimate of drug-likeness (QED) is 0.0437. The molecule has 0 rings (SSSR count). The molecule has 23 nitrogen and oxygen atoms in total. The van der Waals surface area contributed by atoms with Gasteiger partial charge < -0.3 is 73.4 Å². The Morgan fingerprint density at radius 2 is 0.961 bits per heavy atom. The molecule has 0 aromatic carbocycles. The normalized spacial score (nSPS) is 16.2. The fourth-order valence-electron chi connectivity index (χ4n) is 4.01. The molecule has 0 bridgehead atoms. The topological polar surface area (TPSA) is 393 Å². The third kappa shape index (κ3) is 16.1. The van der Waals surface area contributed by atoms with E-state index in [4.69, 9.17) is 21.1 Å². The molecule has 6 amide bonds. The summed E-state index contributed by atoms with van der Waals surface area (Å²) >= 11 is 0. The van der Waals surface area contributed by atoms with Crippen molar-refractivity contribution >= 4 is 53.4 Å². The van der Waals surface area contributed by atoms with Crippen molar-refractivity contribution in [2.75, 3.05) is 19.8 Å². The van der Waals surface area contributed by atoms with E-state index >= 15 is 0 Å². The van der Waals surface area contributed by atoms with Gasteiger partial charge in [0.1, 0.15) is 42.3 Å². The van der Waals surface area contributed by atoms with Gasteiger partial charge in [-0.3, -0.25) is 38.4 Å². The van der Waals surface area contributed by atoms with E-state index < -0.39 is 147 Å². The number of hydrogen-bond donors (Lipinski definition) is 14. The van der Waals surface area contributed by atoms with E-state index in [1.54, 1.807) is 19.2 Å². The number of amides is 6. The summed E-state index contributed by atoms with van der Waals surface area (Å²) in [6.07, 6.45) is -3.21. The first-order chi connectivity index (χ1) is 23.7. The lowest BCUT2D eigenvalue weighted by Crippen LogP contribution is -2.62. The lowest BCUT2D eigenvalue weighted by molar-refractivity contribution is -0.147. The molecule has 0 aromatic rings. The fraction of sp³-hybridized carbons (Fsp3) is 0.679. The van der Waals surface area contributed by atoms with Crippen LogP contribution in [0.15, 0.2) is 0 Å². The number of carboxylic acids is 3. The first-order valence-electron chi connectivity index (χ1n) is 15.5. The largest absolute Gasteiger partial charge is 0.481 e. The number of hydrogen-bond acceptors (Lipinski definition) is 14. The lowest BCUT2D eigenvalue weighted by atomic mass is 9.97. The molecule has 0 fully saturated rings. The molecule has 0 unspecified atom stereocenters. The highest BCUT2D eigenvalue weighted by molar-refractivity contribution is 5.97. The van der Waals surface area contributed by atoms with Crippen LogP contribution in [0.5, 0.6) is 0 Å². The number of carbonyl (C=O) groups is 9. The smallest absolute Gasteiger partial charge is 0.326 e. The molecule has 23 heteroatoms. The number of nitrogens with one attached hydrogen (secondary N) is 6. The third-order valence-electron chi connectivity index (χ3n) is 7.34. The minimum atomic E-state index is -1.94. The van der Waals surface area contributed by atoms with Gasteiger partial charge in [0.05, 0.1) is 32.3 Å². The van der Waals surface area contributed by atoms with Crippen LogP contribution in [0, 0.1) is 5.92 Å². The zero-order chi connectivity index (χ0) is 39.6. The molecular formula is C28H47N7O16. The molecule has 0 spiro atoms. The number of carboxylic acid groups (broad SMARTS) is 3. The number of aliphatic carboxylic acids is 3. The van der Waals surface area contributed by atoms with Crippen molar-refractivity contribution in [1.29, 1.82) is 0 Å². The van der Waals surface area contributed by atoms with Crippen molar-refractivity contribution in [2.45, 2.75) is 94.9 Å². The molecule has 0 saturated carbocycles. The van der Waals surface area contributed by atoms with E-state index in [1.807, 2.05) is 10.6 Å². The van der Waals surface area contributed by atoms with E-state index in [0.717, 1.165) is 0 Å². The van der Waals surface area contributed by atoms with Gasteiger partial charge in [-0.15, -0.1) is 0 Å². The van der Waals surface area contributed by atoms with Crippen LogP contribution in [-0.2, 0) is 43.2 Å². The monoisotopic (exact) mass is 737 g/mol. The summed E-state index contributed by atoms with van der Waals surface area (Å²) in [5.74, 6) is -12.3. The van der Waals surface area contributed by atoms with Crippen molar-refractivity contribution in [3.05, 3.63) is 0 Å². The molecule has 290 valence electrons. The van der Waals surface area contributed by atoms with E-state index in [1.165, 1.54) is 6.92 Å². The second kappa shape index (κ2) is 22.7. The summed E-state index contributed by atoms with van der Waals surface area (Å²) in [7, 11) is 0. The maximum Gasteiger partial charge on any atom is 0.326 e. The molecule has 9 atom stereocenters. The Morgan fingerprint density at radius 3 is 1.29 bits per heavy atom. The number of rotatable bonds is 24. The van der Waals surface area contributed by atoms with Gasteiger partial charge in [-0.1, -0.05) is 20.3 Å². The van der Waals surface area contributed by atoms with Crippen LogP contribution in [0.3, 0.4) is 0 Å². The van der Waals surface area contributed by atoms with Crippen LogP contribution in [0.1, 0.15) is 46.5 Å². The molecule has 15 N–H and O–H groups in total. The van der Waals surface area contributed by atoms with Gasteiger partial charge in [0.2, 0.25) is 35.4 Å². The molecular weight excluding hydrogens is 690 g/mol. The summed E-state index contributed by atoms with van der Waals surface area (Å²) in [6.45, 7) is 1.07. The van der Waals surface area contributed by atoms with E-state index in [9.17, 15) is 63.6 Å². The van der Waals surface area contributed by atoms with Gasteiger partial charge in [0.25, 0.3) is 0 Å². The molecule has 0 saturated heterocycles. The van der Waals surface area contributed by atoms with Crippen LogP contribution >= 0.6 is 0 Å². The van der Waals surface area contributed by atoms with Crippen molar-refractivity contribution in [3.63, 3.8) is 0 Å². The maximum absolute atomic E-state index is 13.2. The number of aliphatic hydroxyl groups excluding tert-OH is 4. The van der Waals surface area contributed by atoms with E-state index in [0.29, 0.717) is 6.42 Å². The van der Waals surface area contributed by atoms with E-state index in [2.05, 4.69) is 16.0 Å². The summed E-state index contributed by atoms with van der Waals surface area (Å²) in [6, 6.07) is -12.0. The summed E-state index contributed by atoms with van der Waals surface area (Å²) in [5, 5.41) is 78.1. The number of carbonyl (C=O) groups excluding carboxylic acids is 6. The summed E-state index contributed by atoms with van der Waals surface area (Å²) in [5.41, 5.74) is 5.64. The summed E-state index contributed by atoms with van der Waals surface area (Å²) < 4.78 is 0. The molecule has 0 aliphatic rings. The van der Waals surface area contributed by atoms with Gasteiger partial charge >= 0.3 is 17.9 Å². The standard InChI is InChI=1S/C28H47N7O16/c1-4-11(2)21(35-26(48)20(29)12(3)39)27(49)30-13(5-6-18(40)41)22(44)32-16(9-37)24(46)34-17(10-38)25(47)33-15(8-36)23(45)31-14(28(50)51)7-19(42)43/h11-17,20-21,36-39H,4-10,29H2,1-3H3,(H,30,49)(H,31,45)(H,32,44)(H,33,47)(H,34,46)(H,35,48)(H,40,41)(H,42,43)(H,50,51)/t11-,12+,13-,14-,15-,16-,17-,20-,21-/m0/s1. The van der Waals surface area contributed by atoms with Gasteiger partial charge in [-0.25, -0.2) is 4.79 Å². The highest BCUT2D eigenvalue weighted by atomic mass is 16.4. The Hall–Kier alpha value is -4.97. The van der Waals surface area contributed by atoms with Crippen molar-refractivity contribution in [3.8, 4) is 0 Å². The van der Waals surface area contributed by atoms with Crippen molar-refractivity contribution in [1.82, 2.24) is 31.9 Å². The first kappa shape index (κ1) is 46.0. The number of nitrogens with two attached hydrogens (primary N) is 1. The van der Waals surface area contributed by atoms with Gasteiger partial charge in [-0.05, 0) is 19.3 Å². The first-order valence-corrected chi connectivity index (χ1v) is 15.5. The fourth-order valence-corrected chi connectivity index (χ4v) is 4.01. The van der Waals surface area contributed by atoms with Crippen LogP contribution in [0.4, 0.5) is 0 Å². The lowest BCUT2D eigenvalue weighted by Gasteiger charge is -2.28. The predicted octanol–water partition coefficient (Wildman–Crippen LogP) is -6.95. The zero-order valence-electron chi connectivity index (χ0n) is 28.0. The molecule has 0 heterocycles. The molecule has 51 heavy (non-hydrogen) atoms. The maximum atomic E-state index is 13.2. The Bertz CT molecular complexity index is 1270. The van der Waals surface area contributed by atoms with Crippen molar-refractivity contribution in [2.24, 2.45) is 11.7 Å². The summed E-state index contributed by atoms with van der Waals surface area (Å²) in [4.78, 5) is 110. The second-order valence-corrected chi connectivity index (χ2v) is 11.4.